The predicted octanol–water partition coefficient (Wildman–Crippen LogP) is 6.67. The quantitative estimate of drug-likeness (QED) is 0.0758. The molecule has 1 aliphatic heterocycles. The molecule has 3 heterocycles. The summed E-state index contributed by atoms with van der Waals surface area (Å²) in [7, 11) is 0. The van der Waals surface area contributed by atoms with Crippen molar-refractivity contribution in [3.05, 3.63) is 123 Å². The van der Waals surface area contributed by atoms with Gasteiger partial charge in [0.25, 0.3) is 11.2 Å². The summed E-state index contributed by atoms with van der Waals surface area (Å²) in [6, 6.07) is 16.4. The lowest BCUT2D eigenvalue weighted by Gasteiger charge is -2.24. The molecule has 1 atom stereocenters. The number of allylic oxidation sites excluding steroid dienone is 1. The van der Waals surface area contributed by atoms with Crippen LogP contribution in [-0.2, 0) is 9.53 Å². The fraction of sp³-hybridized carbons (Fsp3) is 0.156. The van der Waals surface area contributed by atoms with Crippen LogP contribution in [0.25, 0.3) is 17.5 Å². The molecule has 0 amide bonds. The Kier molecular flexibility index (Phi) is 9.90. The van der Waals surface area contributed by atoms with E-state index >= 15 is 0 Å². The maximum atomic E-state index is 14.0. The molecule has 244 valence electrons. The molecular weight excluding hydrogens is 715 g/mol. The standard InChI is InChI=1S/C32H24Cl2N6O5S3/c1-4-45-30(42)26-16(2)35-32-39(27(26)18-6-9-20(46-3)10-7-18)29(41)25(48-32)14-17-5-12-24(23(13-17)40(43)44)47-31-36-28(37-38-31)21-11-8-19(33)15-22(21)34/h5-15,27H,4H2,1-3H3,(H,36,37,38)/b25-14+/t27-/m1/s1. The molecule has 0 spiro atoms. The van der Waals surface area contributed by atoms with Crippen LogP contribution in [0.3, 0.4) is 0 Å². The summed E-state index contributed by atoms with van der Waals surface area (Å²) < 4.78 is 7.14. The minimum absolute atomic E-state index is 0.166. The van der Waals surface area contributed by atoms with Gasteiger partial charge in [0.15, 0.2) is 10.6 Å². The van der Waals surface area contributed by atoms with Crippen LogP contribution in [0.15, 0.2) is 96.7 Å². The number of rotatable bonds is 9. The molecule has 11 nitrogen and oxygen atoms in total. The van der Waals surface area contributed by atoms with Crippen molar-refractivity contribution >= 4 is 75.8 Å². The molecule has 0 saturated heterocycles. The second-order valence-corrected chi connectivity index (χ2v) is 14.0. The van der Waals surface area contributed by atoms with Gasteiger partial charge in [0.05, 0.1) is 43.3 Å². The van der Waals surface area contributed by atoms with Crippen LogP contribution < -0.4 is 14.9 Å². The van der Waals surface area contributed by atoms with Gasteiger partial charge in [-0.25, -0.2) is 14.8 Å². The van der Waals surface area contributed by atoms with Gasteiger partial charge in [-0.15, -0.1) is 16.9 Å². The van der Waals surface area contributed by atoms with Crippen LogP contribution in [0.2, 0.25) is 10.0 Å². The van der Waals surface area contributed by atoms with Crippen molar-refractivity contribution in [2.75, 3.05) is 12.9 Å². The topological polar surface area (TPSA) is 145 Å². The van der Waals surface area contributed by atoms with Gasteiger partial charge in [-0.3, -0.25) is 24.6 Å². The molecule has 0 saturated carbocycles. The Labute approximate surface area is 295 Å². The number of thioether (sulfide) groups is 1. The van der Waals surface area contributed by atoms with Crippen molar-refractivity contribution in [1.29, 1.82) is 0 Å². The zero-order chi connectivity index (χ0) is 34.1. The van der Waals surface area contributed by atoms with Crippen molar-refractivity contribution in [2.45, 2.75) is 34.8 Å². The SMILES string of the molecule is CCOC(=O)C1=C(C)N=c2s/c(=C/c3ccc(Sc4n[nH]c(-c5ccc(Cl)cc5Cl)n4)c([N+](=O)[O-])c3)c(=O)n2[C@@H]1c1ccc(SC)cc1. The number of aromatic amines is 1. The van der Waals surface area contributed by atoms with Crippen LogP contribution >= 0.6 is 58.1 Å². The maximum absolute atomic E-state index is 14.0. The molecular formula is C32H24Cl2N6O5S3. The molecule has 1 aliphatic rings. The maximum Gasteiger partial charge on any atom is 0.338 e. The lowest BCUT2D eigenvalue weighted by molar-refractivity contribution is -0.387. The number of esters is 1. The Balaban J connectivity index is 1.37. The number of halogens is 2. The van der Waals surface area contributed by atoms with E-state index in [-0.39, 0.29) is 28.6 Å². The number of fused-ring (bicyclic) bond motifs is 1. The molecule has 0 bridgehead atoms. The minimum Gasteiger partial charge on any atom is -0.463 e. The predicted molar refractivity (Wildman–Crippen MR) is 188 cm³/mol. The monoisotopic (exact) mass is 738 g/mol. The molecule has 0 radical (unpaired) electrons. The van der Waals surface area contributed by atoms with Gasteiger partial charge < -0.3 is 4.74 Å². The fourth-order valence-corrected chi connectivity index (χ4v) is 7.84. The summed E-state index contributed by atoms with van der Waals surface area (Å²) in [5.41, 5.74) is 1.89. The number of benzene rings is 3. The summed E-state index contributed by atoms with van der Waals surface area (Å²) in [6.07, 6.45) is 3.54. The first-order chi connectivity index (χ1) is 23.1. The highest BCUT2D eigenvalue weighted by Gasteiger charge is 2.33. The third-order valence-corrected chi connectivity index (χ3v) is 10.5. The molecule has 0 fully saturated rings. The summed E-state index contributed by atoms with van der Waals surface area (Å²) in [6.45, 7) is 3.60. The highest BCUT2D eigenvalue weighted by Crippen LogP contribution is 2.36. The van der Waals surface area contributed by atoms with E-state index in [4.69, 9.17) is 27.9 Å². The summed E-state index contributed by atoms with van der Waals surface area (Å²) >= 11 is 16.0. The third-order valence-electron chi connectivity index (χ3n) is 7.28. The van der Waals surface area contributed by atoms with Crippen LogP contribution in [0.5, 0.6) is 0 Å². The molecule has 0 aliphatic carbocycles. The highest BCUT2D eigenvalue weighted by atomic mass is 35.5. The number of H-pyrrole nitrogens is 1. The lowest BCUT2D eigenvalue weighted by Crippen LogP contribution is -2.39. The van der Waals surface area contributed by atoms with Gasteiger partial charge in [-0.05, 0) is 85.5 Å². The minimum atomic E-state index is -0.763. The molecule has 6 rings (SSSR count). The Hall–Kier alpha value is -4.21. The fourth-order valence-electron chi connectivity index (χ4n) is 5.09. The van der Waals surface area contributed by atoms with Gasteiger partial charge in [0.2, 0.25) is 5.16 Å². The van der Waals surface area contributed by atoms with E-state index in [0.29, 0.717) is 46.9 Å². The number of hydrogen-bond acceptors (Lipinski definition) is 11. The molecule has 16 heteroatoms. The summed E-state index contributed by atoms with van der Waals surface area (Å²) in [5.74, 6) is -0.167. The number of nitro benzene ring substituents is 1. The second kappa shape index (κ2) is 14.1. The highest BCUT2D eigenvalue weighted by molar-refractivity contribution is 7.99. The first-order valence-corrected chi connectivity index (χ1v) is 17.9. The first kappa shape index (κ1) is 33.7. The van der Waals surface area contributed by atoms with Crippen molar-refractivity contribution in [3.63, 3.8) is 0 Å². The van der Waals surface area contributed by atoms with E-state index in [9.17, 15) is 19.7 Å². The molecule has 5 aromatic rings. The smallest absolute Gasteiger partial charge is 0.338 e. The number of aromatic nitrogens is 4. The van der Waals surface area contributed by atoms with Crippen molar-refractivity contribution in [1.82, 2.24) is 19.7 Å². The number of carbonyl (C=O) groups is 1. The number of nitrogens with one attached hydrogen (secondary N) is 1. The molecule has 3 aromatic carbocycles. The molecule has 1 N–H and O–H groups in total. The first-order valence-electron chi connectivity index (χ1n) is 14.3. The van der Waals surface area contributed by atoms with Crippen LogP contribution in [0, 0.1) is 10.1 Å². The van der Waals surface area contributed by atoms with Gasteiger partial charge in [0.1, 0.15) is 0 Å². The zero-order valence-corrected chi connectivity index (χ0v) is 29.4. The molecule has 0 unspecified atom stereocenters. The Morgan fingerprint density at radius 1 is 1.17 bits per heavy atom. The van der Waals surface area contributed by atoms with Crippen LogP contribution in [0.4, 0.5) is 5.69 Å². The normalized spacial score (nSPS) is 14.5. The number of ether oxygens (including phenoxy) is 1. The van der Waals surface area contributed by atoms with E-state index in [1.165, 1.54) is 10.6 Å². The summed E-state index contributed by atoms with van der Waals surface area (Å²) in [4.78, 5) is 49.5. The van der Waals surface area contributed by atoms with E-state index in [0.717, 1.165) is 33.6 Å². The van der Waals surface area contributed by atoms with Gasteiger partial charge >= 0.3 is 5.97 Å². The Morgan fingerprint density at radius 2 is 1.94 bits per heavy atom. The Bertz CT molecular complexity index is 2300. The average Bonchev–Trinajstić information content (AvgIpc) is 3.64. The number of hydrogen-bond donors (Lipinski definition) is 1. The van der Waals surface area contributed by atoms with Gasteiger partial charge in [0, 0.05) is 21.5 Å². The van der Waals surface area contributed by atoms with Crippen molar-refractivity contribution in [3.8, 4) is 11.4 Å². The summed E-state index contributed by atoms with van der Waals surface area (Å²) in [5, 5.41) is 20.2. The van der Waals surface area contributed by atoms with Crippen LogP contribution in [0.1, 0.15) is 31.0 Å². The number of nitrogens with zero attached hydrogens (tertiary/aromatic N) is 5. The van der Waals surface area contributed by atoms with Gasteiger partial charge in [-0.1, -0.05) is 52.7 Å². The van der Waals surface area contributed by atoms with E-state index in [2.05, 4.69) is 20.2 Å². The zero-order valence-electron chi connectivity index (χ0n) is 25.4. The lowest BCUT2D eigenvalue weighted by atomic mass is 9.96. The second-order valence-electron chi connectivity index (χ2n) is 10.3. The number of nitro groups is 1. The van der Waals surface area contributed by atoms with E-state index in [1.54, 1.807) is 62.0 Å². The average molecular weight is 740 g/mol. The largest absolute Gasteiger partial charge is 0.463 e. The van der Waals surface area contributed by atoms with Crippen molar-refractivity contribution in [2.24, 2.45) is 4.99 Å². The van der Waals surface area contributed by atoms with E-state index in [1.807, 2.05) is 30.5 Å². The molecule has 2 aromatic heterocycles. The van der Waals surface area contributed by atoms with Crippen molar-refractivity contribution < 1.29 is 14.5 Å². The third kappa shape index (κ3) is 6.71. The number of thiazole rings is 1. The Morgan fingerprint density at radius 3 is 2.62 bits per heavy atom. The number of carbonyl (C=O) groups excluding carboxylic acids is 1. The van der Waals surface area contributed by atoms with Crippen LogP contribution in [-0.4, -0.2) is 43.5 Å². The molecule has 48 heavy (non-hydrogen) atoms. The van der Waals surface area contributed by atoms with Gasteiger partial charge in [-0.2, -0.15) is 0 Å². The van der Waals surface area contributed by atoms with E-state index < -0.39 is 16.9 Å².